The zero-order chi connectivity index (χ0) is 14.4. The molecule has 106 valence electrons. The number of rotatable bonds is 1. The molecule has 0 aromatic heterocycles. The van der Waals surface area contributed by atoms with Gasteiger partial charge in [0.1, 0.15) is 0 Å². The van der Waals surface area contributed by atoms with E-state index in [-0.39, 0.29) is 0 Å². The summed E-state index contributed by atoms with van der Waals surface area (Å²) in [6.45, 7) is 0. The number of halogens is 3. The van der Waals surface area contributed by atoms with Gasteiger partial charge in [-0.3, -0.25) is 9.59 Å². The largest absolute Gasteiger partial charge is 0.274 e. The van der Waals surface area contributed by atoms with Gasteiger partial charge >= 0.3 is 0 Å². The molecule has 2 atom stereocenters. The first-order valence-corrected chi connectivity index (χ1v) is 6.53. The van der Waals surface area contributed by atoms with Crippen molar-refractivity contribution in [1.82, 2.24) is 0 Å². The molecule has 0 N–H and O–H groups in total. The van der Waals surface area contributed by atoms with Crippen LogP contribution < -0.4 is 4.90 Å². The molecule has 1 aliphatic heterocycles. The molecule has 6 heteroatoms. The van der Waals surface area contributed by atoms with Gasteiger partial charge in [0.15, 0.2) is 17.5 Å². The fourth-order valence-electron chi connectivity index (χ4n) is 3.09. The summed E-state index contributed by atoms with van der Waals surface area (Å²) in [5.74, 6) is -6.44. The van der Waals surface area contributed by atoms with Crippen LogP contribution in [0.25, 0.3) is 0 Å². The number of hydrogen-bond donors (Lipinski definition) is 0. The zero-order valence-corrected chi connectivity index (χ0v) is 10.5. The topological polar surface area (TPSA) is 37.4 Å². The van der Waals surface area contributed by atoms with Gasteiger partial charge in [0, 0.05) is 0 Å². The van der Waals surface area contributed by atoms with Crippen LogP contribution in [0.2, 0.25) is 0 Å². The van der Waals surface area contributed by atoms with Gasteiger partial charge in [-0.05, 0) is 25.0 Å². The van der Waals surface area contributed by atoms with Gasteiger partial charge in [0.25, 0.3) is 0 Å². The third kappa shape index (κ3) is 1.74. The number of imide groups is 1. The molecule has 2 fully saturated rings. The van der Waals surface area contributed by atoms with Crippen molar-refractivity contribution in [3.8, 4) is 0 Å². The van der Waals surface area contributed by atoms with Crippen molar-refractivity contribution in [3.63, 3.8) is 0 Å². The monoisotopic (exact) mass is 283 g/mol. The minimum absolute atomic E-state index is 0.455. The summed E-state index contributed by atoms with van der Waals surface area (Å²) in [5, 5.41) is 0. The SMILES string of the molecule is O=C1C2CCCCC2C(=O)N1c1ccc(F)c(F)c1F. The fourth-order valence-corrected chi connectivity index (χ4v) is 3.09. The van der Waals surface area contributed by atoms with Gasteiger partial charge in [0.2, 0.25) is 11.8 Å². The smallest absolute Gasteiger partial charge is 0.237 e. The molecule has 0 radical (unpaired) electrons. The highest BCUT2D eigenvalue weighted by Gasteiger charge is 2.49. The Morgan fingerprint density at radius 2 is 1.45 bits per heavy atom. The van der Waals surface area contributed by atoms with Crippen molar-refractivity contribution < 1.29 is 22.8 Å². The van der Waals surface area contributed by atoms with E-state index in [1.807, 2.05) is 0 Å². The van der Waals surface area contributed by atoms with Crippen LogP contribution >= 0.6 is 0 Å². The van der Waals surface area contributed by atoms with Gasteiger partial charge in [0.05, 0.1) is 17.5 Å². The Bertz CT molecular complexity index is 578. The maximum atomic E-state index is 13.8. The molecular formula is C14H12F3NO2. The van der Waals surface area contributed by atoms with E-state index < -0.39 is 46.8 Å². The lowest BCUT2D eigenvalue weighted by Crippen LogP contribution is -2.32. The van der Waals surface area contributed by atoms with Crippen LogP contribution in [0.3, 0.4) is 0 Å². The molecule has 2 aliphatic rings. The number of carbonyl (C=O) groups is 2. The Kier molecular flexibility index (Phi) is 3.03. The average molecular weight is 283 g/mol. The maximum Gasteiger partial charge on any atom is 0.237 e. The minimum Gasteiger partial charge on any atom is -0.274 e. The molecule has 1 aromatic rings. The summed E-state index contributed by atoms with van der Waals surface area (Å²) in [6, 6.07) is 1.65. The Labute approximate surface area is 113 Å². The average Bonchev–Trinajstić information content (AvgIpc) is 2.70. The Balaban J connectivity index is 2.04. The van der Waals surface area contributed by atoms with Crippen LogP contribution in [-0.2, 0) is 9.59 Å². The lowest BCUT2D eigenvalue weighted by atomic mass is 9.81. The second-order valence-corrected chi connectivity index (χ2v) is 5.20. The molecule has 3 rings (SSSR count). The van der Waals surface area contributed by atoms with E-state index in [2.05, 4.69) is 0 Å². The highest BCUT2D eigenvalue weighted by Crippen LogP contribution is 2.40. The van der Waals surface area contributed by atoms with Crippen LogP contribution in [0.15, 0.2) is 12.1 Å². The van der Waals surface area contributed by atoms with E-state index in [1.54, 1.807) is 0 Å². The van der Waals surface area contributed by atoms with Crippen molar-refractivity contribution in [1.29, 1.82) is 0 Å². The number of benzene rings is 1. The van der Waals surface area contributed by atoms with Crippen LogP contribution in [0.1, 0.15) is 25.7 Å². The summed E-state index contributed by atoms with van der Waals surface area (Å²) in [7, 11) is 0. The molecule has 0 spiro atoms. The number of nitrogens with zero attached hydrogens (tertiary/aromatic N) is 1. The van der Waals surface area contributed by atoms with Crippen LogP contribution in [0.5, 0.6) is 0 Å². The molecule has 1 heterocycles. The van der Waals surface area contributed by atoms with Gasteiger partial charge in [-0.1, -0.05) is 12.8 Å². The third-order valence-corrected chi connectivity index (χ3v) is 4.10. The maximum absolute atomic E-state index is 13.8. The van der Waals surface area contributed by atoms with Crippen LogP contribution in [-0.4, -0.2) is 11.8 Å². The Hall–Kier alpha value is -1.85. The molecular weight excluding hydrogens is 271 g/mol. The molecule has 1 saturated heterocycles. The molecule has 2 unspecified atom stereocenters. The van der Waals surface area contributed by atoms with Crippen molar-refractivity contribution >= 4 is 17.5 Å². The fraction of sp³-hybridized carbons (Fsp3) is 0.429. The number of fused-ring (bicyclic) bond motifs is 1. The van der Waals surface area contributed by atoms with Crippen LogP contribution in [0, 0.1) is 29.3 Å². The molecule has 3 nitrogen and oxygen atoms in total. The first kappa shape index (κ1) is 13.1. The zero-order valence-electron chi connectivity index (χ0n) is 10.5. The first-order valence-electron chi connectivity index (χ1n) is 6.53. The Morgan fingerprint density at radius 3 is 2.00 bits per heavy atom. The quantitative estimate of drug-likeness (QED) is 0.587. The van der Waals surface area contributed by atoms with Crippen molar-refractivity contribution in [2.75, 3.05) is 4.90 Å². The normalized spacial score (nSPS) is 26.1. The van der Waals surface area contributed by atoms with E-state index in [1.165, 1.54) is 0 Å². The van der Waals surface area contributed by atoms with Gasteiger partial charge in [-0.2, -0.15) is 0 Å². The standard InChI is InChI=1S/C14H12F3NO2/c15-9-5-6-10(12(17)11(9)16)18-13(19)7-3-1-2-4-8(7)14(18)20/h5-8H,1-4H2. The second kappa shape index (κ2) is 4.61. The predicted molar refractivity (Wildman–Crippen MR) is 64.3 cm³/mol. The highest BCUT2D eigenvalue weighted by molar-refractivity contribution is 6.22. The number of amides is 2. The third-order valence-electron chi connectivity index (χ3n) is 4.10. The lowest BCUT2D eigenvalue weighted by Gasteiger charge is -2.19. The van der Waals surface area contributed by atoms with E-state index in [0.29, 0.717) is 17.7 Å². The van der Waals surface area contributed by atoms with Crippen molar-refractivity contribution in [3.05, 3.63) is 29.6 Å². The summed E-state index contributed by atoms with van der Waals surface area (Å²) >= 11 is 0. The number of anilines is 1. The first-order chi connectivity index (χ1) is 9.52. The predicted octanol–water partition coefficient (Wildman–Crippen LogP) is 2.78. The van der Waals surface area contributed by atoms with E-state index in [9.17, 15) is 22.8 Å². The Morgan fingerprint density at radius 1 is 0.900 bits per heavy atom. The highest BCUT2D eigenvalue weighted by atomic mass is 19.2. The molecule has 2 amide bonds. The van der Waals surface area contributed by atoms with Crippen LogP contribution in [0.4, 0.5) is 18.9 Å². The van der Waals surface area contributed by atoms with E-state index >= 15 is 0 Å². The van der Waals surface area contributed by atoms with Crippen molar-refractivity contribution in [2.45, 2.75) is 25.7 Å². The van der Waals surface area contributed by atoms with E-state index in [0.717, 1.165) is 25.0 Å². The minimum atomic E-state index is -1.67. The van der Waals surface area contributed by atoms with Gasteiger partial charge in [-0.25, -0.2) is 18.1 Å². The molecule has 1 aromatic carbocycles. The van der Waals surface area contributed by atoms with Gasteiger partial charge in [-0.15, -0.1) is 0 Å². The molecule has 0 bridgehead atoms. The number of carbonyl (C=O) groups excluding carboxylic acids is 2. The second-order valence-electron chi connectivity index (χ2n) is 5.20. The summed E-state index contributed by atoms with van der Waals surface area (Å²) in [5.41, 5.74) is -0.492. The van der Waals surface area contributed by atoms with Gasteiger partial charge < -0.3 is 0 Å². The van der Waals surface area contributed by atoms with Crippen molar-refractivity contribution in [2.24, 2.45) is 11.8 Å². The molecule has 1 saturated carbocycles. The molecule has 1 aliphatic carbocycles. The van der Waals surface area contributed by atoms with E-state index in [4.69, 9.17) is 0 Å². The summed E-state index contributed by atoms with van der Waals surface area (Å²) < 4.78 is 40.0. The molecule has 20 heavy (non-hydrogen) atoms. The summed E-state index contributed by atoms with van der Waals surface area (Å²) in [4.78, 5) is 25.1. The summed E-state index contributed by atoms with van der Waals surface area (Å²) in [6.07, 6.45) is 2.84. The number of hydrogen-bond acceptors (Lipinski definition) is 2. The lowest BCUT2D eigenvalue weighted by molar-refractivity contribution is -0.122.